The molecule has 0 bridgehead atoms. The van der Waals surface area contributed by atoms with Crippen molar-refractivity contribution in [1.82, 2.24) is 0 Å². The van der Waals surface area contributed by atoms with Gasteiger partial charge in [0.1, 0.15) is 0 Å². The molecule has 2 aliphatic carbocycles. The van der Waals surface area contributed by atoms with Gasteiger partial charge < -0.3 is 0 Å². The van der Waals surface area contributed by atoms with Crippen molar-refractivity contribution in [3.05, 3.63) is 111 Å². The Morgan fingerprint density at radius 1 is 0.692 bits per heavy atom. The van der Waals surface area contributed by atoms with E-state index in [1.54, 1.807) is 14.4 Å². The summed E-state index contributed by atoms with van der Waals surface area (Å²) in [5.74, 6) is 0.580. The van der Waals surface area contributed by atoms with Crippen LogP contribution in [0.1, 0.15) is 27.2 Å². The van der Waals surface area contributed by atoms with Crippen LogP contribution in [0.5, 0.6) is 0 Å². The van der Waals surface area contributed by atoms with Gasteiger partial charge in [-0.3, -0.25) is 0 Å². The first-order valence-electron chi connectivity index (χ1n) is 9.25. The minimum absolute atomic E-state index is 0.580. The summed E-state index contributed by atoms with van der Waals surface area (Å²) < 4.78 is 2.35. The van der Waals surface area contributed by atoms with E-state index in [1.165, 1.54) is 22.3 Å². The zero-order valence-corrected chi connectivity index (χ0v) is 17.3. The predicted molar refractivity (Wildman–Crippen MR) is 105 cm³/mol. The van der Waals surface area contributed by atoms with E-state index < -0.39 is 23.2 Å². The third-order valence-corrected chi connectivity index (χ3v) is 10.0. The fraction of sp³-hybridized carbons (Fsp3) is 0.120. The molecule has 3 aromatic carbocycles. The van der Waals surface area contributed by atoms with Gasteiger partial charge in [-0.15, -0.1) is 0 Å². The summed E-state index contributed by atoms with van der Waals surface area (Å²) in [4.78, 5) is 0. The molecule has 0 aromatic heterocycles. The van der Waals surface area contributed by atoms with Gasteiger partial charge in [0.15, 0.2) is 0 Å². The van der Waals surface area contributed by atoms with E-state index in [0.29, 0.717) is 9.54 Å². The Balaban J connectivity index is 1.51. The average molecular weight is 412 g/mol. The van der Waals surface area contributed by atoms with E-state index in [1.807, 2.05) is 0 Å². The fourth-order valence-electron chi connectivity index (χ4n) is 4.17. The van der Waals surface area contributed by atoms with E-state index in [0.717, 1.165) is 0 Å². The Labute approximate surface area is 166 Å². The van der Waals surface area contributed by atoms with Gasteiger partial charge in [-0.05, 0) is 0 Å². The average Bonchev–Trinajstić information content (AvgIpc) is 3.22. The van der Waals surface area contributed by atoms with E-state index >= 15 is 0 Å². The van der Waals surface area contributed by atoms with Crippen LogP contribution in [0.15, 0.2) is 94.3 Å². The van der Waals surface area contributed by atoms with Crippen LogP contribution in [0.25, 0.3) is 16.7 Å². The van der Waals surface area contributed by atoms with Gasteiger partial charge in [0, 0.05) is 0 Å². The van der Waals surface area contributed by atoms with Crippen LogP contribution in [0.4, 0.5) is 0 Å². The zero-order valence-electron chi connectivity index (χ0n) is 14.8. The van der Waals surface area contributed by atoms with Crippen LogP contribution in [-0.2, 0) is 23.2 Å². The van der Waals surface area contributed by atoms with Crippen molar-refractivity contribution >= 4 is 5.57 Å². The van der Waals surface area contributed by atoms with Crippen LogP contribution < -0.4 is 0 Å². The molecule has 3 aromatic rings. The molecule has 0 radical (unpaired) electrons. The molecule has 1 unspecified atom stereocenters. The Morgan fingerprint density at radius 2 is 1.27 bits per heavy atom. The first kappa shape index (κ1) is 16.2. The molecule has 5 rings (SSSR count). The van der Waals surface area contributed by atoms with E-state index in [2.05, 4.69) is 97.9 Å². The Morgan fingerprint density at radius 3 is 1.92 bits per heavy atom. The normalized spacial score (nSPS) is 18.1. The van der Waals surface area contributed by atoms with E-state index in [9.17, 15) is 0 Å². The second-order valence-electron chi connectivity index (χ2n) is 7.13. The molecule has 0 fully saturated rings. The second kappa shape index (κ2) is 6.64. The van der Waals surface area contributed by atoms with Crippen LogP contribution in [0, 0.1) is 5.92 Å². The molecule has 26 heavy (non-hydrogen) atoms. The maximum atomic E-state index is 2.50. The molecule has 0 spiro atoms. The quantitative estimate of drug-likeness (QED) is 0.464. The van der Waals surface area contributed by atoms with Gasteiger partial charge in [-0.1, -0.05) is 0 Å². The van der Waals surface area contributed by atoms with Crippen molar-refractivity contribution in [1.29, 1.82) is 0 Å². The minimum atomic E-state index is -0.770. The Bertz CT molecular complexity index is 981. The first-order valence-corrected chi connectivity index (χ1v) is 11.9. The number of fused-ring (bicyclic) bond motifs is 3. The van der Waals surface area contributed by atoms with Crippen LogP contribution in [0.3, 0.4) is 0 Å². The van der Waals surface area contributed by atoms with Gasteiger partial charge >= 0.3 is 167 Å². The number of rotatable bonds is 3. The molecule has 1 heteroatoms. The molecule has 0 nitrogen and oxygen atoms in total. The van der Waals surface area contributed by atoms with Crippen molar-refractivity contribution in [2.24, 2.45) is 5.92 Å². The van der Waals surface area contributed by atoms with Gasteiger partial charge in [-0.2, -0.15) is 0 Å². The van der Waals surface area contributed by atoms with Crippen LogP contribution in [-0.4, -0.2) is 0 Å². The van der Waals surface area contributed by atoms with E-state index in [4.69, 9.17) is 0 Å². The summed E-state index contributed by atoms with van der Waals surface area (Å²) in [5, 5.41) is 0. The van der Waals surface area contributed by atoms with Crippen molar-refractivity contribution in [3.63, 3.8) is 0 Å². The first-order chi connectivity index (χ1) is 12.8. The second-order valence-corrected chi connectivity index (χ2v) is 10.7. The number of hydrogen-bond acceptors (Lipinski definition) is 0. The summed E-state index contributed by atoms with van der Waals surface area (Å²) in [7, 11) is 0. The molecule has 0 aliphatic heterocycles. The van der Waals surface area contributed by atoms with Gasteiger partial charge in [0.25, 0.3) is 0 Å². The van der Waals surface area contributed by atoms with Crippen molar-refractivity contribution in [2.45, 2.75) is 10.5 Å². The SMILES string of the molecule is CC1C=C(c2ccccc2)C=[C]1[Zr][CH]1c2ccccc2-c2ccccc21. The zero-order chi connectivity index (χ0) is 17.5. The van der Waals surface area contributed by atoms with Crippen LogP contribution >= 0.6 is 0 Å². The topological polar surface area (TPSA) is 0 Å². The van der Waals surface area contributed by atoms with Crippen molar-refractivity contribution in [3.8, 4) is 11.1 Å². The predicted octanol–water partition coefficient (Wildman–Crippen LogP) is 6.46. The van der Waals surface area contributed by atoms with Gasteiger partial charge in [0.2, 0.25) is 0 Å². The summed E-state index contributed by atoms with van der Waals surface area (Å²) in [6, 6.07) is 28.9. The molecular weight excluding hydrogens is 391 g/mol. The Kier molecular flexibility index (Phi) is 4.14. The summed E-state index contributed by atoms with van der Waals surface area (Å²) >= 11 is -0.770. The van der Waals surface area contributed by atoms with Crippen molar-refractivity contribution < 1.29 is 23.2 Å². The molecule has 124 valence electrons. The molecule has 0 saturated carbocycles. The van der Waals surface area contributed by atoms with Crippen LogP contribution in [0.2, 0.25) is 0 Å². The molecule has 1 atom stereocenters. The molecule has 0 heterocycles. The monoisotopic (exact) mass is 410 g/mol. The number of hydrogen-bond donors (Lipinski definition) is 0. The maximum absolute atomic E-state index is 2.50. The Hall–Kier alpha value is -1.98. The summed E-state index contributed by atoms with van der Waals surface area (Å²) in [5.41, 5.74) is 8.78. The summed E-state index contributed by atoms with van der Waals surface area (Å²) in [6.45, 7) is 2.37. The molecular formula is C25H20Zr. The number of allylic oxidation sites excluding steroid dienone is 4. The number of benzene rings is 3. The third kappa shape index (κ3) is 2.70. The van der Waals surface area contributed by atoms with E-state index in [-0.39, 0.29) is 0 Å². The van der Waals surface area contributed by atoms with Crippen molar-refractivity contribution in [2.75, 3.05) is 0 Å². The third-order valence-electron chi connectivity index (χ3n) is 5.48. The summed E-state index contributed by atoms with van der Waals surface area (Å²) in [6.07, 6.45) is 4.95. The van der Waals surface area contributed by atoms with Gasteiger partial charge in [0.05, 0.1) is 0 Å². The standard InChI is InChI=1S/C13H9.C12H11.Zr/c1-3-7-12-10(5-1)9-11-6-2-4-8-13(11)12;1-10-7-8-12(9-10)11-5-3-2-4-6-11;/h1-9H;2-6,8-10H,1H3;. The molecule has 0 amide bonds. The fourth-order valence-corrected chi connectivity index (χ4v) is 8.43. The molecule has 0 saturated heterocycles. The molecule has 0 N–H and O–H groups in total. The molecule has 2 aliphatic rings. The van der Waals surface area contributed by atoms with Gasteiger partial charge in [-0.25, -0.2) is 0 Å².